The van der Waals surface area contributed by atoms with Crippen LogP contribution in [0.25, 0.3) is 10.2 Å². The Bertz CT molecular complexity index is 598. The van der Waals surface area contributed by atoms with Crippen molar-refractivity contribution in [3.63, 3.8) is 0 Å². The van der Waals surface area contributed by atoms with E-state index in [-0.39, 0.29) is 0 Å². The van der Waals surface area contributed by atoms with Gasteiger partial charge in [-0.3, -0.25) is 0 Å². The van der Waals surface area contributed by atoms with Crippen LogP contribution in [0.1, 0.15) is 33.1 Å². The SMILES string of the molecule is CCNc1nc(NC2CCC(SCC)C2)c2ccsc2n1. The van der Waals surface area contributed by atoms with E-state index < -0.39 is 0 Å². The molecule has 21 heavy (non-hydrogen) atoms. The molecule has 0 aromatic carbocycles. The Kier molecular flexibility index (Phi) is 4.85. The van der Waals surface area contributed by atoms with Crippen LogP contribution < -0.4 is 10.6 Å². The largest absolute Gasteiger partial charge is 0.367 e. The minimum atomic E-state index is 0.543. The van der Waals surface area contributed by atoms with Crippen LogP contribution in [0.5, 0.6) is 0 Å². The van der Waals surface area contributed by atoms with Crippen molar-refractivity contribution in [1.82, 2.24) is 9.97 Å². The molecule has 0 bridgehead atoms. The van der Waals surface area contributed by atoms with Gasteiger partial charge in [0, 0.05) is 17.8 Å². The predicted octanol–water partition coefficient (Wildman–Crippen LogP) is 4.21. The van der Waals surface area contributed by atoms with Gasteiger partial charge in [0.2, 0.25) is 5.95 Å². The molecule has 2 heterocycles. The number of hydrogen-bond donors (Lipinski definition) is 2. The van der Waals surface area contributed by atoms with Crippen molar-refractivity contribution in [3.05, 3.63) is 11.4 Å². The zero-order chi connectivity index (χ0) is 14.7. The highest BCUT2D eigenvalue weighted by atomic mass is 32.2. The summed E-state index contributed by atoms with van der Waals surface area (Å²) in [5.74, 6) is 2.93. The lowest BCUT2D eigenvalue weighted by Gasteiger charge is -2.15. The lowest BCUT2D eigenvalue weighted by Crippen LogP contribution is -2.18. The van der Waals surface area contributed by atoms with Crippen molar-refractivity contribution in [1.29, 1.82) is 0 Å². The minimum absolute atomic E-state index is 0.543. The maximum Gasteiger partial charge on any atom is 0.226 e. The van der Waals surface area contributed by atoms with Gasteiger partial charge in [-0.1, -0.05) is 6.92 Å². The molecule has 0 radical (unpaired) electrons. The van der Waals surface area contributed by atoms with E-state index in [4.69, 9.17) is 0 Å². The monoisotopic (exact) mass is 322 g/mol. The van der Waals surface area contributed by atoms with Crippen LogP contribution in [0.15, 0.2) is 11.4 Å². The first-order valence-electron chi connectivity index (χ1n) is 7.67. The van der Waals surface area contributed by atoms with Gasteiger partial charge in [0.25, 0.3) is 0 Å². The molecule has 1 aliphatic carbocycles. The van der Waals surface area contributed by atoms with Crippen molar-refractivity contribution in [2.45, 2.75) is 44.4 Å². The second-order valence-corrected chi connectivity index (χ2v) is 7.77. The predicted molar refractivity (Wildman–Crippen MR) is 94.8 cm³/mol. The highest BCUT2D eigenvalue weighted by Gasteiger charge is 2.25. The Labute approximate surface area is 134 Å². The third kappa shape index (κ3) is 3.43. The first-order valence-corrected chi connectivity index (χ1v) is 9.60. The van der Waals surface area contributed by atoms with Crippen LogP contribution in [-0.4, -0.2) is 33.6 Å². The summed E-state index contributed by atoms with van der Waals surface area (Å²) in [4.78, 5) is 10.3. The van der Waals surface area contributed by atoms with Crippen LogP contribution in [-0.2, 0) is 0 Å². The third-order valence-electron chi connectivity index (χ3n) is 3.79. The van der Waals surface area contributed by atoms with Gasteiger partial charge >= 0.3 is 0 Å². The molecular weight excluding hydrogens is 300 g/mol. The lowest BCUT2D eigenvalue weighted by atomic mass is 10.2. The van der Waals surface area contributed by atoms with Gasteiger partial charge in [-0.05, 0) is 43.4 Å². The smallest absolute Gasteiger partial charge is 0.226 e. The summed E-state index contributed by atoms with van der Waals surface area (Å²) in [6, 6.07) is 2.66. The van der Waals surface area contributed by atoms with Gasteiger partial charge in [-0.15, -0.1) is 11.3 Å². The number of rotatable bonds is 6. The van der Waals surface area contributed by atoms with Crippen molar-refractivity contribution < 1.29 is 0 Å². The molecule has 0 aliphatic heterocycles. The fourth-order valence-electron chi connectivity index (χ4n) is 2.85. The molecule has 4 nitrogen and oxygen atoms in total. The van der Waals surface area contributed by atoms with Crippen molar-refractivity contribution in [2.24, 2.45) is 0 Å². The van der Waals surface area contributed by atoms with E-state index in [0.29, 0.717) is 6.04 Å². The summed E-state index contributed by atoms with van der Waals surface area (Å²) in [6.45, 7) is 5.15. The van der Waals surface area contributed by atoms with Crippen LogP contribution in [0.3, 0.4) is 0 Å². The molecule has 2 N–H and O–H groups in total. The van der Waals surface area contributed by atoms with Crippen molar-refractivity contribution in [2.75, 3.05) is 22.9 Å². The first kappa shape index (κ1) is 14.9. The van der Waals surface area contributed by atoms with Crippen molar-refractivity contribution in [3.8, 4) is 0 Å². The number of fused-ring (bicyclic) bond motifs is 1. The number of hydrogen-bond acceptors (Lipinski definition) is 6. The Balaban J connectivity index is 1.78. The molecule has 1 aliphatic rings. The van der Waals surface area contributed by atoms with E-state index in [2.05, 4.69) is 57.7 Å². The fourth-order valence-corrected chi connectivity index (χ4v) is 4.76. The Hall–Kier alpha value is -1.01. The molecule has 3 rings (SSSR count). The molecule has 2 aromatic rings. The van der Waals surface area contributed by atoms with E-state index in [0.717, 1.165) is 33.8 Å². The zero-order valence-electron chi connectivity index (χ0n) is 12.6. The van der Waals surface area contributed by atoms with E-state index in [1.165, 1.54) is 25.0 Å². The van der Waals surface area contributed by atoms with E-state index >= 15 is 0 Å². The second-order valence-electron chi connectivity index (χ2n) is 5.30. The summed E-state index contributed by atoms with van der Waals surface area (Å²) in [7, 11) is 0. The summed E-state index contributed by atoms with van der Waals surface area (Å²) in [6.07, 6.45) is 3.79. The maximum absolute atomic E-state index is 4.66. The van der Waals surface area contributed by atoms with Gasteiger partial charge in [0.05, 0.1) is 5.39 Å². The number of nitrogens with one attached hydrogen (secondary N) is 2. The van der Waals surface area contributed by atoms with Gasteiger partial charge in [-0.2, -0.15) is 16.7 Å². The number of thiophene rings is 1. The van der Waals surface area contributed by atoms with Gasteiger partial charge in [0.1, 0.15) is 10.6 Å². The first-order chi connectivity index (χ1) is 10.3. The third-order valence-corrected chi connectivity index (χ3v) is 5.83. The Morgan fingerprint density at radius 3 is 3.05 bits per heavy atom. The number of anilines is 2. The summed E-state index contributed by atoms with van der Waals surface area (Å²) in [5.41, 5.74) is 0. The van der Waals surface area contributed by atoms with Crippen LogP contribution in [0, 0.1) is 0 Å². The quantitative estimate of drug-likeness (QED) is 0.834. The summed E-state index contributed by atoms with van der Waals surface area (Å²) >= 11 is 3.76. The highest BCUT2D eigenvalue weighted by molar-refractivity contribution is 7.99. The topological polar surface area (TPSA) is 49.8 Å². The summed E-state index contributed by atoms with van der Waals surface area (Å²) < 4.78 is 0. The number of aromatic nitrogens is 2. The van der Waals surface area contributed by atoms with E-state index in [9.17, 15) is 0 Å². The van der Waals surface area contributed by atoms with Gasteiger partial charge < -0.3 is 10.6 Å². The molecule has 6 heteroatoms. The van der Waals surface area contributed by atoms with Crippen LogP contribution in [0.4, 0.5) is 11.8 Å². The van der Waals surface area contributed by atoms with E-state index in [1.54, 1.807) is 11.3 Å². The molecule has 2 unspecified atom stereocenters. The fraction of sp³-hybridized carbons (Fsp3) is 0.600. The second kappa shape index (κ2) is 6.83. The molecule has 1 saturated carbocycles. The molecular formula is C15H22N4S2. The average Bonchev–Trinajstić information content (AvgIpc) is 3.09. The minimum Gasteiger partial charge on any atom is -0.367 e. The summed E-state index contributed by atoms with van der Waals surface area (Å²) in [5, 5.41) is 10.9. The van der Waals surface area contributed by atoms with E-state index in [1.807, 2.05) is 0 Å². The molecule has 2 atom stereocenters. The van der Waals surface area contributed by atoms with Crippen molar-refractivity contribution >= 4 is 45.1 Å². The van der Waals surface area contributed by atoms with Gasteiger partial charge in [0.15, 0.2) is 0 Å². The molecule has 0 amide bonds. The average molecular weight is 323 g/mol. The number of thioether (sulfide) groups is 1. The highest BCUT2D eigenvalue weighted by Crippen LogP contribution is 2.33. The Morgan fingerprint density at radius 1 is 1.33 bits per heavy atom. The van der Waals surface area contributed by atoms with Crippen LogP contribution >= 0.6 is 23.1 Å². The van der Waals surface area contributed by atoms with Gasteiger partial charge in [-0.25, -0.2) is 4.98 Å². The number of nitrogens with zero attached hydrogens (tertiary/aromatic N) is 2. The Morgan fingerprint density at radius 2 is 2.24 bits per heavy atom. The molecule has 0 saturated heterocycles. The van der Waals surface area contributed by atoms with Crippen LogP contribution in [0.2, 0.25) is 0 Å². The maximum atomic E-state index is 4.66. The molecule has 2 aromatic heterocycles. The molecule has 1 fully saturated rings. The molecule has 0 spiro atoms. The molecule has 114 valence electrons. The lowest BCUT2D eigenvalue weighted by molar-refractivity contribution is 0.753. The zero-order valence-corrected chi connectivity index (χ0v) is 14.2. The normalized spacial score (nSPS) is 21.8. The standard InChI is InChI=1S/C15H22N4S2/c1-3-16-15-18-13(12-7-8-21-14(12)19-15)17-10-5-6-11(9-10)20-4-2/h7-8,10-11H,3-6,9H2,1-2H3,(H2,16,17,18,19).